The van der Waals surface area contributed by atoms with E-state index < -0.39 is 22.5 Å². The predicted molar refractivity (Wildman–Crippen MR) is 67.6 cm³/mol. The number of carbonyl (C=O) groups is 1. The van der Waals surface area contributed by atoms with Crippen LogP contribution in [0.3, 0.4) is 0 Å². The Hall–Kier alpha value is -1.27. The van der Waals surface area contributed by atoms with Crippen molar-refractivity contribution in [1.29, 1.82) is 0 Å². The molecule has 17 heavy (non-hydrogen) atoms. The molecule has 0 radical (unpaired) electrons. The van der Waals surface area contributed by atoms with E-state index in [1.54, 1.807) is 19.1 Å². The summed E-state index contributed by atoms with van der Waals surface area (Å²) < 4.78 is 24.0. The molecule has 1 rings (SSSR count). The molecular weight excluding hydrogens is 264 g/mol. The molecule has 0 aromatic heterocycles. The number of amides is 1. The fourth-order valence-corrected chi connectivity index (χ4v) is 2.31. The molecular formula is C10H13ClN2O3S. The van der Waals surface area contributed by atoms with Crippen molar-refractivity contribution in [2.75, 3.05) is 17.1 Å². The second-order valence-electron chi connectivity index (χ2n) is 3.67. The lowest BCUT2D eigenvalue weighted by molar-refractivity contribution is -0.116. The highest BCUT2D eigenvalue weighted by Crippen LogP contribution is 2.24. The van der Waals surface area contributed by atoms with Crippen molar-refractivity contribution in [3.63, 3.8) is 0 Å². The molecule has 0 bridgehead atoms. The van der Waals surface area contributed by atoms with Gasteiger partial charge in [-0.05, 0) is 24.6 Å². The number of hydrogen-bond acceptors (Lipinski definition) is 3. The molecule has 0 unspecified atom stereocenters. The van der Waals surface area contributed by atoms with Gasteiger partial charge in [0, 0.05) is 5.02 Å². The van der Waals surface area contributed by atoms with E-state index in [9.17, 15) is 13.2 Å². The molecule has 0 saturated carbocycles. The second-order valence-corrected chi connectivity index (χ2v) is 5.98. The highest BCUT2D eigenvalue weighted by molar-refractivity contribution is 7.92. The van der Waals surface area contributed by atoms with Gasteiger partial charge < -0.3 is 5.73 Å². The summed E-state index contributed by atoms with van der Waals surface area (Å²) in [6.07, 6.45) is 1.00. The first kappa shape index (κ1) is 13.8. The number of anilines is 1. The molecule has 0 spiro atoms. The van der Waals surface area contributed by atoms with Gasteiger partial charge in [0.05, 0.1) is 11.9 Å². The maximum atomic E-state index is 11.5. The van der Waals surface area contributed by atoms with Gasteiger partial charge in [-0.2, -0.15) is 0 Å². The summed E-state index contributed by atoms with van der Waals surface area (Å²) in [6, 6.07) is 4.74. The SMILES string of the molecule is Cc1ccc(N(CC(N)=O)S(C)(=O)=O)cc1Cl. The summed E-state index contributed by atoms with van der Waals surface area (Å²) in [6.45, 7) is 1.39. The lowest BCUT2D eigenvalue weighted by atomic mass is 10.2. The van der Waals surface area contributed by atoms with E-state index >= 15 is 0 Å². The molecule has 1 aromatic carbocycles. The monoisotopic (exact) mass is 276 g/mol. The van der Waals surface area contributed by atoms with Crippen LogP contribution in [0.4, 0.5) is 5.69 Å². The van der Waals surface area contributed by atoms with Crippen molar-refractivity contribution in [1.82, 2.24) is 0 Å². The first-order chi connectivity index (χ1) is 7.71. The van der Waals surface area contributed by atoms with Crippen molar-refractivity contribution in [3.05, 3.63) is 28.8 Å². The Labute approximate surface area is 105 Å². The normalized spacial score (nSPS) is 11.2. The zero-order valence-corrected chi connectivity index (χ0v) is 11.0. The molecule has 2 N–H and O–H groups in total. The molecule has 94 valence electrons. The van der Waals surface area contributed by atoms with E-state index in [4.69, 9.17) is 17.3 Å². The molecule has 7 heteroatoms. The first-order valence-electron chi connectivity index (χ1n) is 4.74. The molecule has 0 fully saturated rings. The molecule has 0 heterocycles. The van der Waals surface area contributed by atoms with E-state index in [-0.39, 0.29) is 0 Å². The summed E-state index contributed by atoms with van der Waals surface area (Å²) in [4.78, 5) is 10.9. The first-order valence-corrected chi connectivity index (χ1v) is 6.96. The van der Waals surface area contributed by atoms with Gasteiger partial charge in [-0.15, -0.1) is 0 Å². The van der Waals surface area contributed by atoms with Crippen LogP contribution >= 0.6 is 11.6 Å². The topological polar surface area (TPSA) is 80.5 Å². The Balaban J connectivity index is 3.22. The van der Waals surface area contributed by atoms with E-state index in [2.05, 4.69) is 0 Å². The van der Waals surface area contributed by atoms with Gasteiger partial charge in [0.15, 0.2) is 0 Å². The van der Waals surface area contributed by atoms with Gasteiger partial charge in [-0.3, -0.25) is 9.10 Å². The maximum absolute atomic E-state index is 11.5. The lowest BCUT2D eigenvalue weighted by Crippen LogP contribution is -2.37. The Morgan fingerprint density at radius 1 is 1.47 bits per heavy atom. The smallest absolute Gasteiger partial charge is 0.238 e. The van der Waals surface area contributed by atoms with Crippen LogP contribution in [0.15, 0.2) is 18.2 Å². The predicted octanol–water partition coefficient (Wildman–Crippen LogP) is 0.900. The quantitative estimate of drug-likeness (QED) is 0.887. The van der Waals surface area contributed by atoms with Gasteiger partial charge in [-0.25, -0.2) is 8.42 Å². The zero-order chi connectivity index (χ0) is 13.2. The summed E-state index contributed by atoms with van der Waals surface area (Å²) in [5.41, 5.74) is 6.16. The third-order valence-electron chi connectivity index (χ3n) is 2.14. The van der Waals surface area contributed by atoms with Crippen LogP contribution in [0.1, 0.15) is 5.56 Å². The summed E-state index contributed by atoms with van der Waals surface area (Å²) in [7, 11) is -3.57. The molecule has 0 saturated heterocycles. The standard InChI is InChI=1S/C10H13ClN2O3S/c1-7-3-4-8(5-9(7)11)13(6-10(12)14)17(2,15)16/h3-5H,6H2,1-2H3,(H2,12,14). The number of sulfonamides is 1. The number of carbonyl (C=O) groups excluding carboxylic acids is 1. The molecule has 0 aliphatic rings. The minimum Gasteiger partial charge on any atom is -0.368 e. The average molecular weight is 277 g/mol. The number of nitrogens with zero attached hydrogens (tertiary/aromatic N) is 1. The van der Waals surface area contributed by atoms with Crippen LogP contribution in [0.25, 0.3) is 0 Å². The third kappa shape index (κ3) is 3.61. The van der Waals surface area contributed by atoms with Gasteiger partial charge in [0.1, 0.15) is 6.54 Å². The van der Waals surface area contributed by atoms with Crippen LogP contribution in [0, 0.1) is 6.92 Å². The number of halogens is 1. The highest BCUT2D eigenvalue weighted by atomic mass is 35.5. The lowest BCUT2D eigenvalue weighted by Gasteiger charge is -2.21. The number of primary amides is 1. The fourth-order valence-electron chi connectivity index (χ4n) is 1.28. The molecule has 0 aliphatic carbocycles. The minimum atomic E-state index is -3.57. The zero-order valence-electron chi connectivity index (χ0n) is 9.47. The van der Waals surface area contributed by atoms with E-state index in [1.807, 2.05) is 0 Å². The molecule has 1 aromatic rings. The van der Waals surface area contributed by atoms with Crippen LogP contribution < -0.4 is 10.0 Å². The van der Waals surface area contributed by atoms with Crippen LogP contribution in [-0.4, -0.2) is 27.1 Å². The van der Waals surface area contributed by atoms with E-state index in [0.717, 1.165) is 16.1 Å². The van der Waals surface area contributed by atoms with E-state index in [1.165, 1.54) is 6.07 Å². The Morgan fingerprint density at radius 2 is 2.06 bits per heavy atom. The Kier molecular flexibility index (Phi) is 4.00. The van der Waals surface area contributed by atoms with Gasteiger partial charge >= 0.3 is 0 Å². The van der Waals surface area contributed by atoms with Crippen molar-refractivity contribution in [2.45, 2.75) is 6.92 Å². The second kappa shape index (κ2) is 4.93. The van der Waals surface area contributed by atoms with Crippen molar-refractivity contribution in [3.8, 4) is 0 Å². The molecule has 5 nitrogen and oxygen atoms in total. The van der Waals surface area contributed by atoms with E-state index in [0.29, 0.717) is 10.7 Å². The number of hydrogen-bond donors (Lipinski definition) is 1. The Morgan fingerprint density at radius 3 is 2.47 bits per heavy atom. The summed E-state index contributed by atoms with van der Waals surface area (Å²) in [5, 5.41) is 0.431. The fraction of sp³-hybridized carbons (Fsp3) is 0.300. The number of aryl methyl sites for hydroxylation is 1. The average Bonchev–Trinajstić information content (AvgIpc) is 2.17. The maximum Gasteiger partial charge on any atom is 0.238 e. The number of benzene rings is 1. The Bertz CT molecular complexity index is 542. The summed E-state index contributed by atoms with van der Waals surface area (Å²) >= 11 is 5.91. The molecule has 1 amide bonds. The summed E-state index contributed by atoms with van der Waals surface area (Å²) in [5.74, 6) is -0.730. The van der Waals surface area contributed by atoms with Crippen molar-refractivity contribution in [2.24, 2.45) is 5.73 Å². The number of rotatable bonds is 4. The van der Waals surface area contributed by atoms with Crippen LogP contribution in [0.2, 0.25) is 5.02 Å². The minimum absolute atomic E-state index is 0.321. The van der Waals surface area contributed by atoms with Crippen LogP contribution in [-0.2, 0) is 14.8 Å². The molecule has 0 aliphatic heterocycles. The van der Waals surface area contributed by atoms with Gasteiger partial charge in [0.2, 0.25) is 15.9 Å². The largest absolute Gasteiger partial charge is 0.368 e. The van der Waals surface area contributed by atoms with Crippen molar-refractivity contribution >= 4 is 33.2 Å². The van der Waals surface area contributed by atoms with Gasteiger partial charge in [-0.1, -0.05) is 17.7 Å². The van der Waals surface area contributed by atoms with Gasteiger partial charge in [0.25, 0.3) is 0 Å². The van der Waals surface area contributed by atoms with Crippen molar-refractivity contribution < 1.29 is 13.2 Å². The number of nitrogens with two attached hydrogens (primary N) is 1. The molecule has 0 atom stereocenters. The van der Waals surface area contributed by atoms with Crippen LogP contribution in [0.5, 0.6) is 0 Å². The third-order valence-corrected chi connectivity index (χ3v) is 3.69. The highest BCUT2D eigenvalue weighted by Gasteiger charge is 2.19.